The van der Waals surface area contributed by atoms with Crippen molar-refractivity contribution < 1.29 is 0 Å². The van der Waals surface area contributed by atoms with Gasteiger partial charge in [0, 0.05) is 17.1 Å². The molecule has 0 N–H and O–H groups in total. The number of anilines is 3. The van der Waals surface area contributed by atoms with Crippen molar-refractivity contribution in [2.45, 2.75) is 38.0 Å². The fraction of sp³-hybridized carbons (Fsp3) is 0.200. The molecule has 1 saturated carbocycles. The summed E-state index contributed by atoms with van der Waals surface area (Å²) in [7, 11) is 0. The summed E-state index contributed by atoms with van der Waals surface area (Å²) < 4.78 is 0. The molecular formula is C30H27N. The zero-order valence-electron chi connectivity index (χ0n) is 18.0. The zero-order chi connectivity index (χ0) is 20.8. The molecule has 1 nitrogen and oxygen atoms in total. The van der Waals surface area contributed by atoms with E-state index >= 15 is 0 Å². The maximum absolute atomic E-state index is 2.47. The van der Waals surface area contributed by atoms with Gasteiger partial charge in [-0.25, -0.2) is 0 Å². The van der Waals surface area contributed by atoms with Crippen LogP contribution in [-0.4, -0.2) is 0 Å². The van der Waals surface area contributed by atoms with Crippen molar-refractivity contribution in [3.8, 4) is 11.1 Å². The van der Waals surface area contributed by atoms with Crippen molar-refractivity contribution in [3.05, 3.63) is 114 Å². The maximum Gasteiger partial charge on any atom is 0.0491 e. The van der Waals surface area contributed by atoms with Crippen LogP contribution in [-0.2, 0) is 0 Å². The Labute approximate surface area is 185 Å². The van der Waals surface area contributed by atoms with Crippen molar-refractivity contribution >= 4 is 17.1 Å². The van der Waals surface area contributed by atoms with Gasteiger partial charge < -0.3 is 4.90 Å². The molecular weight excluding hydrogens is 374 g/mol. The lowest BCUT2D eigenvalue weighted by molar-refractivity contribution is 0.718. The average Bonchev–Trinajstić information content (AvgIpc) is 3.44. The first-order chi connectivity index (χ1) is 15.3. The predicted octanol–water partition coefficient (Wildman–Crippen LogP) is 8.50. The van der Waals surface area contributed by atoms with Gasteiger partial charge in [0.2, 0.25) is 0 Å². The Morgan fingerprint density at radius 3 is 1.84 bits per heavy atom. The first kappa shape index (κ1) is 18.4. The van der Waals surface area contributed by atoms with Crippen LogP contribution in [0.4, 0.5) is 17.1 Å². The van der Waals surface area contributed by atoms with Crippen LogP contribution < -0.4 is 4.90 Å². The normalized spacial score (nSPS) is 18.7. The second-order valence-corrected chi connectivity index (χ2v) is 9.06. The Morgan fingerprint density at radius 1 is 0.613 bits per heavy atom. The van der Waals surface area contributed by atoms with Crippen LogP contribution >= 0.6 is 0 Å². The molecule has 0 radical (unpaired) electrons. The second-order valence-electron chi connectivity index (χ2n) is 9.06. The third kappa shape index (κ3) is 3.16. The molecule has 6 rings (SSSR count). The lowest BCUT2D eigenvalue weighted by Gasteiger charge is -2.27. The van der Waals surface area contributed by atoms with Crippen molar-refractivity contribution in [3.63, 3.8) is 0 Å². The van der Waals surface area contributed by atoms with Gasteiger partial charge in [0.1, 0.15) is 0 Å². The summed E-state index contributed by atoms with van der Waals surface area (Å²) >= 11 is 0. The van der Waals surface area contributed by atoms with E-state index in [2.05, 4.69) is 109 Å². The highest BCUT2D eigenvalue weighted by Crippen LogP contribution is 2.53. The molecule has 1 fully saturated rings. The summed E-state index contributed by atoms with van der Waals surface area (Å²) in [6, 6.07) is 35.4. The largest absolute Gasteiger partial charge is 0.310 e. The zero-order valence-corrected chi connectivity index (χ0v) is 18.0. The minimum Gasteiger partial charge on any atom is -0.310 e. The monoisotopic (exact) mass is 401 g/mol. The van der Waals surface area contributed by atoms with Gasteiger partial charge in [0.25, 0.3) is 0 Å². The molecule has 2 aliphatic carbocycles. The molecule has 0 amide bonds. The Bertz CT molecular complexity index is 1190. The number of fused-ring (bicyclic) bond motifs is 5. The second kappa shape index (κ2) is 7.42. The standard InChI is InChI=1S/C30H27N/c1-21-18-22(23-14-16-28-24-12-13-25(19-24)29(28)20-23)15-17-30(21)31(26-8-4-2-5-9-26)27-10-6-3-7-11-27/h2-11,14-18,20,24-25H,12-13,19H2,1H3. The van der Waals surface area contributed by atoms with Crippen molar-refractivity contribution in [2.24, 2.45) is 0 Å². The van der Waals surface area contributed by atoms with E-state index in [-0.39, 0.29) is 0 Å². The summed E-state index contributed by atoms with van der Waals surface area (Å²) in [5.74, 6) is 1.62. The molecule has 0 saturated heterocycles. The highest BCUT2D eigenvalue weighted by Gasteiger charge is 2.36. The van der Waals surface area contributed by atoms with E-state index in [1.807, 2.05) is 0 Å². The summed E-state index contributed by atoms with van der Waals surface area (Å²) in [6.07, 6.45) is 4.14. The van der Waals surface area contributed by atoms with Crippen LogP contribution in [0.15, 0.2) is 97.1 Å². The number of hydrogen-bond donors (Lipinski definition) is 0. The van der Waals surface area contributed by atoms with Gasteiger partial charge in [0.15, 0.2) is 0 Å². The third-order valence-corrected chi connectivity index (χ3v) is 7.20. The molecule has 0 heterocycles. The van der Waals surface area contributed by atoms with Gasteiger partial charge in [-0.15, -0.1) is 0 Å². The van der Waals surface area contributed by atoms with E-state index in [4.69, 9.17) is 0 Å². The smallest absolute Gasteiger partial charge is 0.0491 e. The molecule has 2 aliphatic rings. The fourth-order valence-electron chi connectivity index (χ4n) is 5.69. The van der Waals surface area contributed by atoms with Gasteiger partial charge in [-0.05, 0) is 102 Å². The Kier molecular flexibility index (Phi) is 4.42. The van der Waals surface area contributed by atoms with Crippen molar-refractivity contribution in [1.29, 1.82) is 0 Å². The number of benzene rings is 4. The summed E-state index contributed by atoms with van der Waals surface area (Å²) in [4.78, 5) is 2.35. The van der Waals surface area contributed by atoms with Crippen LogP contribution in [0.2, 0.25) is 0 Å². The molecule has 0 spiro atoms. The SMILES string of the molecule is Cc1cc(-c2ccc3c(c2)C2CCC3C2)ccc1N(c1ccccc1)c1ccccc1. The van der Waals surface area contributed by atoms with Crippen LogP contribution in [0, 0.1) is 6.92 Å². The molecule has 0 aromatic heterocycles. The van der Waals surface area contributed by atoms with Crippen molar-refractivity contribution in [1.82, 2.24) is 0 Å². The molecule has 4 aromatic rings. The van der Waals surface area contributed by atoms with Gasteiger partial charge in [-0.2, -0.15) is 0 Å². The first-order valence-electron chi connectivity index (χ1n) is 11.4. The first-order valence-corrected chi connectivity index (χ1v) is 11.4. The van der Waals surface area contributed by atoms with E-state index in [9.17, 15) is 0 Å². The molecule has 2 unspecified atom stereocenters. The molecule has 2 bridgehead atoms. The molecule has 31 heavy (non-hydrogen) atoms. The van der Waals surface area contributed by atoms with E-state index < -0.39 is 0 Å². The number of aryl methyl sites for hydroxylation is 1. The number of nitrogens with zero attached hydrogens (tertiary/aromatic N) is 1. The topological polar surface area (TPSA) is 3.24 Å². The lowest BCUT2D eigenvalue weighted by Crippen LogP contribution is -2.11. The third-order valence-electron chi connectivity index (χ3n) is 7.20. The summed E-state index contributed by atoms with van der Waals surface area (Å²) in [6.45, 7) is 2.23. The average molecular weight is 402 g/mol. The fourth-order valence-corrected chi connectivity index (χ4v) is 5.69. The van der Waals surface area contributed by atoms with E-state index in [0.29, 0.717) is 0 Å². The van der Waals surface area contributed by atoms with E-state index in [1.165, 1.54) is 53.0 Å². The molecule has 0 aliphatic heterocycles. The van der Waals surface area contributed by atoms with Gasteiger partial charge >= 0.3 is 0 Å². The summed E-state index contributed by atoms with van der Waals surface area (Å²) in [5.41, 5.74) is 10.8. The van der Waals surface area contributed by atoms with E-state index in [1.54, 1.807) is 11.1 Å². The molecule has 4 aromatic carbocycles. The summed E-state index contributed by atoms with van der Waals surface area (Å²) in [5, 5.41) is 0. The van der Waals surface area contributed by atoms with Gasteiger partial charge in [-0.1, -0.05) is 60.7 Å². The maximum atomic E-state index is 2.47. The molecule has 2 atom stereocenters. The number of para-hydroxylation sites is 2. The van der Waals surface area contributed by atoms with Crippen LogP contribution in [0.1, 0.15) is 47.8 Å². The number of hydrogen-bond acceptors (Lipinski definition) is 1. The molecule has 1 heteroatoms. The minimum atomic E-state index is 0.798. The van der Waals surface area contributed by atoms with Gasteiger partial charge in [0.05, 0.1) is 0 Å². The van der Waals surface area contributed by atoms with Gasteiger partial charge in [-0.3, -0.25) is 0 Å². The quantitative estimate of drug-likeness (QED) is 0.331. The Hall–Kier alpha value is -3.32. The number of rotatable bonds is 4. The highest BCUT2D eigenvalue weighted by molar-refractivity contribution is 5.80. The molecule has 152 valence electrons. The van der Waals surface area contributed by atoms with Crippen LogP contribution in [0.3, 0.4) is 0 Å². The van der Waals surface area contributed by atoms with Crippen LogP contribution in [0.5, 0.6) is 0 Å². The predicted molar refractivity (Wildman–Crippen MR) is 131 cm³/mol. The Morgan fingerprint density at radius 2 is 1.19 bits per heavy atom. The van der Waals surface area contributed by atoms with Crippen LogP contribution in [0.25, 0.3) is 11.1 Å². The van der Waals surface area contributed by atoms with E-state index in [0.717, 1.165) is 11.8 Å². The lowest BCUT2D eigenvalue weighted by atomic mass is 9.89. The minimum absolute atomic E-state index is 0.798. The van der Waals surface area contributed by atoms with Crippen molar-refractivity contribution in [2.75, 3.05) is 4.90 Å². The highest BCUT2D eigenvalue weighted by atomic mass is 15.1. The Balaban J connectivity index is 1.41.